The Kier molecular flexibility index (Phi) is 5.22. The number of aromatic nitrogens is 2. The Bertz CT molecular complexity index is 1100. The highest BCUT2D eigenvalue weighted by Gasteiger charge is 2.20. The van der Waals surface area contributed by atoms with Crippen molar-refractivity contribution in [2.75, 3.05) is 0 Å². The van der Waals surface area contributed by atoms with Gasteiger partial charge in [0.1, 0.15) is 5.69 Å². The average molecular weight is 503 g/mol. The highest BCUT2D eigenvalue weighted by Crippen LogP contribution is 2.38. The first-order valence-electron chi connectivity index (χ1n) is 8.40. The fourth-order valence-electron chi connectivity index (χ4n) is 2.99. The number of aryl methyl sites for hydroxylation is 1. The molecule has 27 heavy (non-hydrogen) atoms. The summed E-state index contributed by atoms with van der Waals surface area (Å²) < 4.78 is 3.97. The fraction of sp³-hybridized carbons (Fsp3) is 0.0455. The van der Waals surface area contributed by atoms with Crippen molar-refractivity contribution in [3.8, 4) is 28.2 Å². The van der Waals surface area contributed by atoms with E-state index in [4.69, 9.17) is 16.7 Å². The molecule has 1 heterocycles. The maximum absolute atomic E-state index is 6.86. The van der Waals surface area contributed by atoms with Gasteiger partial charge < -0.3 is 0 Å². The maximum atomic E-state index is 6.86. The molecule has 2 nitrogen and oxygen atoms in total. The molecule has 3 aromatic carbocycles. The number of benzene rings is 3. The molecule has 0 bridgehead atoms. The molecule has 0 atom stereocenters. The van der Waals surface area contributed by atoms with Crippen LogP contribution in [-0.2, 0) is 0 Å². The first kappa shape index (κ1) is 18.5. The van der Waals surface area contributed by atoms with Crippen molar-refractivity contribution < 1.29 is 0 Å². The SMILES string of the molecule is Cc1cccc(-n2nc(-c3ccc(Br)cc3)c(Cl)c2-c2ccc(Br)cc2)c1. The summed E-state index contributed by atoms with van der Waals surface area (Å²) in [6.45, 7) is 2.07. The van der Waals surface area contributed by atoms with Gasteiger partial charge in [-0.3, -0.25) is 0 Å². The molecule has 0 aliphatic rings. The topological polar surface area (TPSA) is 17.8 Å². The van der Waals surface area contributed by atoms with E-state index in [9.17, 15) is 0 Å². The minimum atomic E-state index is 0.640. The van der Waals surface area contributed by atoms with Crippen LogP contribution in [0.25, 0.3) is 28.2 Å². The Morgan fingerprint density at radius 1 is 0.815 bits per heavy atom. The van der Waals surface area contributed by atoms with Gasteiger partial charge in [0, 0.05) is 20.1 Å². The van der Waals surface area contributed by atoms with Gasteiger partial charge in [0.15, 0.2) is 0 Å². The van der Waals surface area contributed by atoms with Crippen molar-refractivity contribution in [1.82, 2.24) is 9.78 Å². The van der Waals surface area contributed by atoms with E-state index in [0.29, 0.717) is 5.02 Å². The summed E-state index contributed by atoms with van der Waals surface area (Å²) in [6, 6.07) is 24.4. The molecule has 4 aromatic rings. The molecule has 0 spiro atoms. The molecule has 0 aliphatic carbocycles. The third-order valence-corrected chi connectivity index (χ3v) is 5.72. The van der Waals surface area contributed by atoms with Gasteiger partial charge in [-0.15, -0.1) is 0 Å². The molecule has 0 saturated heterocycles. The number of rotatable bonds is 3. The van der Waals surface area contributed by atoms with E-state index in [1.54, 1.807) is 0 Å². The summed E-state index contributed by atoms with van der Waals surface area (Å²) in [4.78, 5) is 0. The summed E-state index contributed by atoms with van der Waals surface area (Å²) >= 11 is 13.8. The molecular weight excluding hydrogens is 488 g/mol. The number of hydrogen-bond acceptors (Lipinski definition) is 1. The van der Waals surface area contributed by atoms with Crippen molar-refractivity contribution in [2.45, 2.75) is 6.92 Å². The summed E-state index contributed by atoms with van der Waals surface area (Å²) in [5.41, 5.74) is 5.80. The highest BCUT2D eigenvalue weighted by molar-refractivity contribution is 9.10. The van der Waals surface area contributed by atoms with Crippen molar-refractivity contribution in [3.63, 3.8) is 0 Å². The number of halogens is 3. The lowest BCUT2D eigenvalue weighted by atomic mass is 10.1. The quantitative estimate of drug-likeness (QED) is 0.281. The van der Waals surface area contributed by atoms with E-state index in [0.717, 1.165) is 37.1 Å². The largest absolute Gasteiger partial charge is 0.231 e. The van der Waals surface area contributed by atoms with Crippen LogP contribution in [0, 0.1) is 6.92 Å². The lowest BCUT2D eigenvalue weighted by Gasteiger charge is -2.09. The van der Waals surface area contributed by atoms with Gasteiger partial charge in [-0.05, 0) is 48.9 Å². The second kappa shape index (κ2) is 7.63. The highest BCUT2D eigenvalue weighted by atomic mass is 79.9. The van der Waals surface area contributed by atoms with Gasteiger partial charge in [0.2, 0.25) is 0 Å². The minimum Gasteiger partial charge on any atom is -0.231 e. The van der Waals surface area contributed by atoms with E-state index >= 15 is 0 Å². The zero-order valence-electron chi connectivity index (χ0n) is 14.5. The van der Waals surface area contributed by atoms with Gasteiger partial charge >= 0.3 is 0 Å². The molecule has 0 unspecified atom stereocenters. The smallest absolute Gasteiger partial charge is 0.112 e. The van der Waals surface area contributed by atoms with E-state index in [-0.39, 0.29) is 0 Å². The van der Waals surface area contributed by atoms with Crippen molar-refractivity contribution in [3.05, 3.63) is 92.3 Å². The zero-order chi connectivity index (χ0) is 19.0. The van der Waals surface area contributed by atoms with Crippen LogP contribution in [-0.4, -0.2) is 9.78 Å². The molecule has 134 valence electrons. The predicted octanol–water partition coefficient (Wildman–Crippen LogP) is 7.69. The van der Waals surface area contributed by atoms with Crippen molar-refractivity contribution in [2.24, 2.45) is 0 Å². The Morgan fingerprint density at radius 2 is 1.41 bits per heavy atom. The monoisotopic (exact) mass is 500 g/mol. The second-order valence-corrected chi connectivity index (χ2v) is 8.49. The van der Waals surface area contributed by atoms with Crippen LogP contribution in [0.4, 0.5) is 0 Å². The molecule has 5 heteroatoms. The summed E-state index contributed by atoms with van der Waals surface area (Å²) in [5.74, 6) is 0. The molecule has 0 amide bonds. The molecule has 4 rings (SSSR count). The molecule has 0 radical (unpaired) electrons. The first-order chi connectivity index (χ1) is 13.0. The third-order valence-electron chi connectivity index (χ3n) is 4.31. The van der Waals surface area contributed by atoms with E-state index in [1.807, 2.05) is 65.3 Å². The lowest BCUT2D eigenvalue weighted by Crippen LogP contribution is -1.99. The summed E-state index contributed by atoms with van der Waals surface area (Å²) in [6.07, 6.45) is 0. The first-order valence-corrected chi connectivity index (χ1v) is 10.4. The van der Waals surface area contributed by atoms with Crippen molar-refractivity contribution >= 4 is 43.5 Å². The Balaban J connectivity index is 1.97. The van der Waals surface area contributed by atoms with E-state index < -0.39 is 0 Å². The zero-order valence-corrected chi connectivity index (χ0v) is 18.4. The van der Waals surface area contributed by atoms with Crippen LogP contribution in [0.15, 0.2) is 81.7 Å². The van der Waals surface area contributed by atoms with E-state index in [2.05, 4.69) is 50.9 Å². The number of hydrogen-bond donors (Lipinski definition) is 0. The standard InChI is InChI=1S/C22H15Br2ClN2/c1-14-3-2-4-19(13-14)27-22(16-7-11-18(24)12-8-16)20(25)21(26-27)15-5-9-17(23)10-6-15/h2-13H,1H3. The van der Waals surface area contributed by atoms with Gasteiger partial charge in [0.25, 0.3) is 0 Å². The van der Waals surface area contributed by atoms with Crippen LogP contribution in [0.3, 0.4) is 0 Å². The molecule has 0 saturated carbocycles. The molecular formula is C22H15Br2ClN2. The van der Waals surface area contributed by atoms with Crippen LogP contribution in [0.1, 0.15) is 5.56 Å². The Labute approximate surface area is 180 Å². The van der Waals surface area contributed by atoms with Gasteiger partial charge in [-0.2, -0.15) is 5.10 Å². The van der Waals surface area contributed by atoms with Crippen LogP contribution in [0.5, 0.6) is 0 Å². The molecule has 0 N–H and O–H groups in total. The fourth-order valence-corrected chi connectivity index (χ4v) is 3.86. The van der Waals surface area contributed by atoms with Gasteiger partial charge in [0.05, 0.1) is 16.4 Å². The molecule has 0 fully saturated rings. The van der Waals surface area contributed by atoms with Crippen LogP contribution >= 0.6 is 43.5 Å². The lowest BCUT2D eigenvalue weighted by molar-refractivity contribution is 0.890. The average Bonchev–Trinajstić information content (AvgIpc) is 3.00. The predicted molar refractivity (Wildman–Crippen MR) is 120 cm³/mol. The molecule has 0 aliphatic heterocycles. The van der Waals surface area contributed by atoms with Gasteiger partial charge in [-0.1, -0.05) is 79.9 Å². The maximum Gasteiger partial charge on any atom is 0.112 e. The normalized spacial score (nSPS) is 11.0. The van der Waals surface area contributed by atoms with Gasteiger partial charge in [-0.25, -0.2) is 4.68 Å². The summed E-state index contributed by atoms with van der Waals surface area (Å²) in [7, 11) is 0. The minimum absolute atomic E-state index is 0.640. The Morgan fingerprint density at radius 3 is 2.00 bits per heavy atom. The third kappa shape index (κ3) is 3.75. The van der Waals surface area contributed by atoms with Crippen LogP contribution < -0.4 is 0 Å². The summed E-state index contributed by atoms with van der Waals surface area (Å²) in [5, 5.41) is 5.52. The van der Waals surface area contributed by atoms with E-state index in [1.165, 1.54) is 5.56 Å². The second-order valence-electron chi connectivity index (χ2n) is 6.28. The van der Waals surface area contributed by atoms with Crippen molar-refractivity contribution in [1.29, 1.82) is 0 Å². The number of nitrogens with zero attached hydrogens (tertiary/aromatic N) is 2. The molecule has 1 aromatic heterocycles. The van der Waals surface area contributed by atoms with Crippen LogP contribution in [0.2, 0.25) is 5.02 Å². The Hall–Kier alpha value is -1.88.